The van der Waals surface area contributed by atoms with Crippen LogP contribution >= 0.6 is 0 Å². The van der Waals surface area contributed by atoms with E-state index < -0.39 is 16.8 Å². The highest BCUT2D eigenvalue weighted by Gasteiger charge is 2.54. The van der Waals surface area contributed by atoms with E-state index in [1.807, 2.05) is 9.80 Å². The lowest BCUT2D eigenvalue weighted by Crippen LogP contribution is -2.55. The Morgan fingerprint density at radius 3 is 2.70 bits per heavy atom. The predicted octanol–water partition coefficient (Wildman–Crippen LogP) is 2.26. The number of benzene rings is 1. The standard InChI is InChI=1S/C30H39N5O4S/c36-28(23-5-6-23)33-14-10-20(18-33)19-35-27(32-30(29(35)37)11-15-34(16-12-30)40(38)39)22-3-1-21(2-4-22)24-7-8-26-25(17-24)9-13-31-26/h1-3,7-8,17,20,22-23,27,31-32H,4-6,9-16,18-19H2,(H,38,39)/p-1/t20-,22?,27?/m1/s1. The molecule has 214 valence electrons. The van der Waals surface area contributed by atoms with Crippen molar-refractivity contribution in [2.45, 2.75) is 56.7 Å². The van der Waals surface area contributed by atoms with Crippen LogP contribution in [-0.4, -0.2) is 85.7 Å². The Labute approximate surface area is 238 Å². The third kappa shape index (κ3) is 4.82. The zero-order valence-electron chi connectivity index (χ0n) is 22.8. The Morgan fingerprint density at radius 1 is 1.15 bits per heavy atom. The van der Waals surface area contributed by atoms with E-state index in [1.54, 1.807) is 0 Å². The largest absolute Gasteiger partial charge is 0.760 e. The summed E-state index contributed by atoms with van der Waals surface area (Å²) in [7, 11) is 0. The van der Waals surface area contributed by atoms with Gasteiger partial charge in [0.05, 0.1) is 6.17 Å². The van der Waals surface area contributed by atoms with Gasteiger partial charge in [-0.1, -0.05) is 24.3 Å². The molecule has 4 aliphatic heterocycles. The number of piperidine rings is 1. The van der Waals surface area contributed by atoms with Crippen LogP contribution in [0.25, 0.3) is 5.57 Å². The Morgan fingerprint density at radius 2 is 1.98 bits per heavy atom. The molecule has 40 heavy (non-hydrogen) atoms. The van der Waals surface area contributed by atoms with Crippen molar-refractivity contribution >= 4 is 34.3 Å². The van der Waals surface area contributed by atoms with E-state index in [9.17, 15) is 18.4 Å². The number of nitrogens with zero attached hydrogens (tertiary/aromatic N) is 3. The number of hydrogen-bond donors (Lipinski definition) is 2. The number of anilines is 1. The molecular weight excluding hydrogens is 526 g/mol. The van der Waals surface area contributed by atoms with Gasteiger partial charge in [0, 0.05) is 68.1 Å². The Bertz CT molecular complexity index is 1280. The van der Waals surface area contributed by atoms with Gasteiger partial charge in [-0.25, -0.2) is 4.31 Å². The summed E-state index contributed by atoms with van der Waals surface area (Å²) in [6.07, 6.45) is 12.4. The lowest BCUT2D eigenvalue weighted by Gasteiger charge is -2.38. The van der Waals surface area contributed by atoms with Crippen molar-refractivity contribution in [1.29, 1.82) is 0 Å². The number of nitrogens with one attached hydrogen (secondary N) is 2. The number of amides is 2. The number of allylic oxidation sites excluding steroid dienone is 3. The van der Waals surface area contributed by atoms with Gasteiger partial charge in [0.2, 0.25) is 11.8 Å². The van der Waals surface area contributed by atoms with Crippen LogP contribution in [0, 0.1) is 17.8 Å². The SMILES string of the molecule is O=C(C1CC1)N1CC[C@@H](CN2C(=O)C3(CCN(S(=O)[O-])CC3)NC2C2C=CC(c3ccc4c(c3)CCN4)=CC2)C1. The first-order valence-corrected chi connectivity index (χ1v) is 15.9. The summed E-state index contributed by atoms with van der Waals surface area (Å²) in [6.45, 7) is 3.81. The van der Waals surface area contributed by atoms with Gasteiger partial charge in [-0.2, -0.15) is 0 Å². The number of rotatable bonds is 6. The van der Waals surface area contributed by atoms with Crippen molar-refractivity contribution in [3.8, 4) is 0 Å². The van der Waals surface area contributed by atoms with Crippen molar-refractivity contribution in [3.63, 3.8) is 0 Å². The fraction of sp³-hybridized carbons (Fsp3) is 0.600. The Kier molecular flexibility index (Phi) is 6.85. The van der Waals surface area contributed by atoms with Crippen LogP contribution in [0.1, 0.15) is 49.7 Å². The summed E-state index contributed by atoms with van der Waals surface area (Å²) in [6, 6.07) is 6.63. The smallest absolute Gasteiger partial charge is 0.244 e. The summed E-state index contributed by atoms with van der Waals surface area (Å²) >= 11 is -2.27. The molecule has 1 aromatic rings. The first kappa shape index (κ1) is 26.4. The predicted molar refractivity (Wildman–Crippen MR) is 152 cm³/mol. The van der Waals surface area contributed by atoms with E-state index in [2.05, 4.69) is 47.1 Å². The summed E-state index contributed by atoms with van der Waals surface area (Å²) < 4.78 is 24.5. The molecule has 7 rings (SSSR count). The zero-order chi connectivity index (χ0) is 27.4. The lowest BCUT2D eigenvalue weighted by atomic mass is 9.87. The number of carbonyl (C=O) groups is 2. The number of hydrogen-bond acceptors (Lipinski definition) is 6. The van der Waals surface area contributed by atoms with Crippen molar-refractivity contribution in [2.75, 3.05) is 44.6 Å². The van der Waals surface area contributed by atoms with Crippen LogP contribution < -0.4 is 10.6 Å². The molecule has 2 aliphatic carbocycles. The molecule has 0 aromatic heterocycles. The molecule has 6 aliphatic rings. The molecule has 1 spiro atoms. The minimum atomic E-state index is -2.27. The number of fused-ring (bicyclic) bond motifs is 1. The van der Waals surface area contributed by atoms with Crippen molar-refractivity contribution in [2.24, 2.45) is 17.8 Å². The van der Waals surface area contributed by atoms with Crippen molar-refractivity contribution in [1.82, 2.24) is 19.4 Å². The Balaban J connectivity index is 1.08. The molecule has 3 unspecified atom stereocenters. The summed E-state index contributed by atoms with van der Waals surface area (Å²) in [5.41, 5.74) is 4.31. The maximum atomic E-state index is 14.1. The van der Waals surface area contributed by atoms with Crippen LogP contribution in [0.3, 0.4) is 0 Å². The number of likely N-dealkylation sites (tertiary alicyclic amines) is 1. The van der Waals surface area contributed by atoms with E-state index in [-0.39, 0.29) is 35.7 Å². The summed E-state index contributed by atoms with van der Waals surface area (Å²) in [5.74, 6) is 0.987. The molecule has 0 radical (unpaired) electrons. The second-order valence-corrected chi connectivity index (χ2v) is 13.4. The third-order valence-corrected chi connectivity index (χ3v) is 10.7. The molecule has 4 fully saturated rings. The van der Waals surface area contributed by atoms with Gasteiger partial charge >= 0.3 is 0 Å². The molecule has 3 saturated heterocycles. The molecule has 4 atom stereocenters. The lowest BCUT2D eigenvalue weighted by molar-refractivity contribution is -0.135. The zero-order valence-corrected chi connectivity index (χ0v) is 23.7. The molecule has 2 amide bonds. The van der Waals surface area contributed by atoms with Gasteiger partial charge in [-0.05, 0) is 79.7 Å². The van der Waals surface area contributed by atoms with Gasteiger partial charge < -0.3 is 19.7 Å². The van der Waals surface area contributed by atoms with E-state index in [1.165, 1.54) is 26.7 Å². The van der Waals surface area contributed by atoms with Crippen LogP contribution in [0.4, 0.5) is 5.69 Å². The second-order valence-electron chi connectivity index (χ2n) is 12.5. The van der Waals surface area contributed by atoms with Gasteiger partial charge in [0.1, 0.15) is 5.54 Å². The molecule has 0 bridgehead atoms. The first-order valence-electron chi connectivity index (χ1n) is 14.9. The average Bonchev–Trinajstić information content (AvgIpc) is 3.43. The normalized spacial score (nSPS) is 30.5. The minimum absolute atomic E-state index is 0.0927. The van der Waals surface area contributed by atoms with Crippen LogP contribution in [0.2, 0.25) is 0 Å². The molecule has 1 saturated carbocycles. The highest BCUT2D eigenvalue weighted by molar-refractivity contribution is 7.76. The van der Waals surface area contributed by atoms with Crippen LogP contribution in [0.5, 0.6) is 0 Å². The van der Waals surface area contributed by atoms with E-state index in [0.717, 1.165) is 51.7 Å². The summed E-state index contributed by atoms with van der Waals surface area (Å²) in [4.78, 5) is 30.8. The quantitative estimate of drug-likeness (QED) is 0.514. The average molecular weight is 565 g/mol. The summed E-state index contributed by atoms with van der Waals surface area (Å²) in [5, 5.41) is 7.16. The van der Waals surface area contributed by atoms with Crippen molar-refractivity contribution in [3.05, 3.63) is 47.6 Å². The fourth-order valence-electron chi connectivity index (χ4n) is 7.35. The van der Waals surface area contributed by atoms with E-state index >= 15 is 0 Å². The monoisotopic (exact) mass is 564 g/mol. The molecular formula is C30H38N5O4S-. The Hall–Kier alpha value is -2.53. The van der Waals surface area contributed by atoms with Gasteiger partial charge in [0.25, 0.3) is 0 Å². The molecule has 10 heteroatoms. The first-order chi connectivity index (χ1) is 19.4. The highest BCUT2D eigenvalue weighted by atomic mass is 32.2. The fourth-order valence-corrected chi connectivity index (χ4v) is 7.83. The van der Waals surface area contributed by atoms with E-state index in [0.29, 0.717) is 32.5 Å². The van der Waals surface area contributed by atoms with Gasteiger partial charge in [-0.3, -0.25) is 19.1 Å². The highest BCUT2D eigenvalue weighted by Crippen LogP contribution is 2.39. The number of carbonyl (C=O) groups excluding carboxylic acids is 2. The molecule has 9 nitrogen and oxygen atoms in total. The molecule has 2 N–H and O–H groups in total. The van der Waals surface area contributed by atoms with Crippen LogP contribution in [0.15, 0.2) is 36.4 Å². The maximum absolute atomic E-state index is 14.1. The topological polar surface area (TPSA) is 108 Å². The van der Waals surface area contributed by atoms with Crippen molar-refractivity contribution < 1.29 is 18.4 Å². The van der Waals surface area contributed by atoms with Gasteiger partial charge in [-0.15, -0.1) is 0 Å². The minimum Gasteiger partial charge on any atom is -0.760 e. The second kappa shape index (κ2) is 10.4. The molecule has 1 aromatic carbocycles. The van der Waals surface area contributed by atoms with Gasteiger partial charge in [0.15, 0.2) is 0 Å². The van der Waals surface area contributed by atoms with Crippen LogP contribution in [-0.2, 0) is 27.3 Å². The van der Waals surface area contributed by atoms with E-state index in [4.69, 9.17) is 0 Å². The third-order valence-electron chi connectivity index (χ3n) is 9.88. The maximum Gasteiger partial charge on any atom is 0.244 e. The molecule has 4 heterocycles.